The van der Waals surface area contributed by atoms with Crippen molar-refractivity contribution in [3.8, 4) is 0 Å². The Labute approximate surface area is 153 Å². The van der Waals surface area contributed by atoms with E-state index in [4.69, 9.17) is 5.73 Å². The predicted octanol–water partition coefficient (Wildman–Crippen LogP) is 3.57. The second kappa shape index (κ2) is 8.41. The first-order valence-electron chi connectivity index (χ1n) is 8.69. The summed E-state index contributed by atoms with van der Waals surface area (Å²) in [5, 5.41) is 0. The number of aromatic amines is 1. The second-order valence-electron chi connectivity index (χ2n) is 6.52. The molecule has 4 nitrogen and oxygen atoms in total. The lowest BCUT2D eigenvalue weighted by molar-refractivity contribution is -0.119. The average Bonchev–Trinajstić information content (AvgIpc) is 3.15. The zero-order chi connectivity index (χ0) is 18.4. The Kier molecular flexibility index (Phi) is 5.77. The van der Waals surface area contributed by atoms with Gasteiger partial charge < -0.3 is 10.7 Å². The van der Waals surface area contributed by atoms with Gasteiger partial charge in [-0.15, -0.1) is 0 Å². The van der Waals surface area contributed by atoms with Crippen LogP contribution in [0.1, 0.15) is 27.9 Å². The minimum absolute atomic E-state index is 0.0301. The lowest BCUT2D eigenvalue weighted by atomic mass is 10.00. The molecule has 26 heavy (non-hydrogen) atoms. The Hall–Kier alpha value is -2.98. The van der Waals surface area contributed by atoms with Crippen molar-refractivity contribution in [3.63, 3.8) is 0 Å². The fraction of sp³-hybridized carbons (Fsp3) is 0.182. The van der Waals surface area contributed by atoms with Crippen LogP contribution in [-0.4, -0.2) is 21.8 Å². The van der Waals surface area contributed by atoms with Crippen LogP contribution in [0, 0.1) is 6.92 Å². The van der Waals surface area contributed by atoms with Crippen LogP contribution in [0.25, 0.3) is 12.2 Å². The molecule has 0 saturated heterocycles. The Bertz CT molecular complexity index is 863. The van der Waals surface area contributed by atoms with E-state index < -0.39 is 6.04 Å². The molecule has 2 aromatic carbocycles. The molecule has 0 bridgehead atoms. The molecule has 1 aromatic heterocycles. The van der Waals surface area contributed by atoms with Gasteiger partial charge in [0.1, 0.15) is 0 Å². The van der Waals surface area contributed by atoms with E-state index in [9.17, 15) is 4.79 Å². The van der Waals surface area contributed by atoms with E-state index in [1.807, 2.05) is 24.3 Å². The third-order valence-electron chi connectivity index (χ3n) is 4.31. The topological polar surface area (TPSA) is 71.8 Å². The number of benzene rings is 2. The number of carbonyl (C=O) groups excluding carboxylic acids is 1. The van der Waals surface area contributed by atoms with E-state index in [1.165, 1.54) is 11.1 Å². The molecule has 1 atom stereocenters. The van der Waals surface area contributed by atoms with Gasteiger partial charge in [0.05, 0.1) is 12.4 Å². The van der Waals surface area contributed by atoms with E-state index in [2.05, 4.69) is 53.3 Å². The molecule has 0 spiro atoms. The summed E-state index contributed by atoms with van der Waals surface area (Å²) in [7, 11) is 0. The summed E-state index contributed by atoms with van der Waals surface area (Å²) in [6.07, 6.45) is 8.27. The average molecular weight is 345 g/mol. The van der Waals surface area contributed by atoms with Gasteiger partial charge in [0.2, 0.25) is 0 Å². The largest absolute Gasteiger partial charge is 0.348 e. The second-order valence-corrected chi connectivity index (χ2v) is 6.52. The number of hydrogen-bond acceptors (Lipinski definition) is 3. The number of ketones is 1. The maximum absolute atomic E-state index is 12.3. The third kappa shape index (κ3) is 5.01. The summed E-state index contributed by atoms with van der Waals surface area (Å²) in [5.41, 5.74) is 11.4. The highest BCUT2D eigenvalue weighted by molar-refractivity contribution is 5.86. The Morgan fingerprint density at radius 1 is 1.08 bits per heavy atom. The molecule has 0 amide bonds. The van der Waals surface area contributed by atoms with Gasteiger partial charge in [0, 0.05) is 24.7 Å². The van der Waals surface area contributed by atoms with Crippen LogP contribution >= 0.6 is 0 Å². The highest BCUT2D eigenvalue weighted by Gasteiger charge is 2.15. The van der Waals surface area contributed by atoms with Gasteiger partial charge in [-0.1, -0.05) is 66.2 Å². The highest BCUT2D eigenvalue weighted by atomic mass is 16.1. The molecule has 0 aliphatic carbocycles. The number of Topliss-reactive ketones (excluding diaryl/α,β-unsaturated/α-hetero) is 1. The van der Waals surface area contributed by atoms with E-state index >= 15 is 0 Å². The van der Waals surface area contributed by atoms with Crippen molar-refractivity contribution in [2.24, 2.45) is 5.73 Å². The lowest BCUT2D eigenvalue weighted by Crippen LogP contribution is -2.34. The number of carbonyl (C=O) groups is 1. The summed E-state index contributed by atoms with van der Waals surface area (Å²) >= 11 is 0. The number of nitrogens with two attached hydrogens (primary N) is 1. The summed E-state index contributed by atoms with van der Waals surface area (Å²) in [6, 6.07) is 15.9. The fourth-order valence-electron chi connectivity index (χ4n) is 2.70. The van der Waals surface area contributed by atoms with Gasteiger partial charge in [0.15, 0.2) is 5.78 Å². The van der Waals surface area contributed by atoms with Gasteiger partial charge in [-0.2, -0.15) is 0 Å². The van der Waals surface area contributed by atoms with Crippen LogP contribution in [0.2, 0.25) is 0 Å². The fourth-order valence-corrected chi connectivity index (χ4v) is 2.70. The van der Waals surface area contributed by atoms with Crippen molar-refractivity contribution in [1.82, 2.24) is 9.97 Å². The predicted molar refractivity (Wildman–Crippen MR) is 106 cm³/mol. The van der Waals surface area contributed by atoms with E-state index in [0.29, 0.717) is 12.8 Å². The van der Waals surface area contributed by atoms with Gasteiger partial charge in [0.25, 0.3) is 0 Å². The third-order valence-corrected chi connectivity index (χ3v) is 4.31. The molecule has 0 fully saturated rings. The molecule has 0 aliphatic heterocycles. The number of imidazole rings is 1. The number of aryl methyl sites for hydroxylation is 1. The minimum Gasteiger partial charge on any atom is -0.348 e. The van der Waals surface area contributed by atoms with Gasteiger partial charge in [-0.25, -0.2) is 4.98 Å². The summed E-state index contributed by atoms with van der Waals surface area (Å²) < 4.78 is 0. The number of nitrogens with one attached hydrogen (secondary N) is 1. The first kappa shape index (κ1) is 17.8. The van der Waals surface area contributed by atoms with Crippen molar-refractivity contribution >= 4 is 17.9 Å². The standard InChI is InChI=1S/C22H23N3O/c1-16-2-4-17(5-3-16)6-7-18-8-10-19(11-9-18)12-22(26)21(23)13-20-14-24-15-25-20/h2-11,14-15,21H,12-13,23H2,1H3,(H,24,25)/t21-/m0/s1. The first-order valence-corrected chi connectivity index (χ1v) is 8.69. The molecular weight excluding hydrogens is 322 g/mol. The van der Waals surface area contributed by atoms with Crippen LogP contribution in [0.4, 0.5) is 0 Å². The van der Waals surface area contributed by atoms with E-state index in [-0.39, 0.29) is 5.78 Å². The van der Waals surface area contributed by atoms with Crippen molar-refractivity contribution in [3.05, 3.63) is 89.0 Å². The maximum Gasteiger partial charge on any atom is 0.154 e. The molecule has 0 unspecified atom stereocenters. The van der Waals surface area contributed by atoms with Crippen LogP contribution < -0.4 is 5.73 Å². The maximum atomic E-state index is 12.3. The smallest absolute Gasteiger partial charge is 0.154 e. The minimum atomic E-state index is -0.517. The molecule has 0 radical (unpaired) electrons. The zero-order valence-corrected chi connectivity index (χ0v) is 14.9. The van der Waals surface area contributed by atoms with Crippen LogP contribution in [0.3, 0.4) is 0 Å². The van der Waals surface area contributed by atoms with Gasteiger partial charge in [-0.3, -0.25) is 4.79 Å². The van der Waals surface area contributed by atoms with Gasteiger partial charge >= 0.3 is 0 Å². The van der Waals surface area contributed by atoms with Crippen LogP contribution in [0.15, 0.2) is 61.1 Å². The van der Waals surface area contributed by atoms with Crippen molar-refractivity contribution in [2.45, 2.75) is 25.8 Å². The van der Waals surface area contributed by atoms with Crippen molar-refractivity contribution in [2.75, 3.05) is 0 Å². The molecule has 3 aromatic rings. The number of hydrogen-bond donors (Lipinski definition) is 2. The zero-order valence-electron chi connectivity index (χ0n) is 14.9. The molecule has 1 heterocycles. The lowest BCUT2D eigenvalue weighted by Gasteiger charge is -2.09. The quantitative estimate of drug-likeness (QED) is 0.643. The Morgan fingerprint density at radius 2 is 1.69 bits per heavy atom. The van der Waals surface area contributed by atoms with Crippen molar-refractivity contribution < 1.29 is 4.79 Å². The van der Waals surface area contributed by atoms with Crippen LogP contribution in [-0.2, 0) is 17.6 Å². The van der Waals surface area contributed by atoms with Gasteiger partial charge in [-0.05, 0) is 23.6 Å². The first-order chi connectivity index (χ1) is 12.6. The summed E-state index contributed by atoms with van der Waals surface area (Å²) in [4.78, 5) is 19.2. The summed E-state index contributed by atoms with van der Waals surface area (Å²) in [5.74, 6) is 0.0301. The van der Waals surface area contributed by atoms with E-state index in [0.717, 1.165) is 16.8 Å². The number of aromatic nitrogens is 2. The molecule has 132 valence electrons. The molecule has 0 aliphatic rings. The SMILES string of the molecule is Cc1ccc(C=Cc2ccc(CC(=O)[C@@H](N)Cc3cnc[nH]3)cc2)cc1. The molecule has 3 rings (SSSR count). The highest BCUT2D eigenvalue weighted by Crippen LogP contribution is 2.12. The van der Waals surface area contributed by atoms with E-state index in [1.54, 1.807) is 12.5 Å². The molecular formula is C22H23N3O. The normalized spacial score (nSPS) is 12.4. The van der Waals surface area contributed by atoms with Crippen molar-refractivity contribution in [1.29, 1.82) is 0 Å². The number of rotatable bonds is 7. The molecule has 0 saturated carbocycles. The summed E-state index contributed by atoms with van der Waals surface area (Å²) in [6.45, 7) is 2.08. The number of nitrogens with zero attached hydrogens (tertiary/aromatic N) is 1. The molecule has 4 heteroatoms. The Morgan fingerprint density at radius 3 is 2.27 bits per heavy atom. The number of H-pyrrole nitrogens is 1. The molecule has 3 N–H and O–H groups in total. The van der Waals surface area contributed by atoms with Crippen LogP contribution in [0.5, 0.6) is 0 Å². The Balaban J connectivity index is 1.56. The monoisotopic (exact) mass is 345 g/mol.